The SMILES string of the molecule is CS(=O)(=O)Nc1cc(NC(=O)c2cnc3ccccn3c2=O)ccc1F. The standard InChI is InChI=1S/C16H13FN4O4S/c1-26(24,25)20-13-8-10(5-6-12(13)17)19-15(22)11-9-18-14-4-2-3-7-21(14)16(11)23/h2-9,20H,1H3,(H,19,22). The first kappa shape index (κ1) is 17.5. The Morgan fingerprint density at radius 2 is 2.00 bits per heavy atom. The molecule has 0 saturated heterocycles. The van der Waals surface area contributed by atoms with Crippen molar-refractivity contribution >= 4 is 33.0 Å². The van der Waals surface area contributed by atoms with Crippen molar-refractivity contribution in [2.45, 2.75) is 0 Å². The molecule has 3 aromatic rings. The zero-order chi connectivity index (χ0) is 18.9. The monoisotopic (exact) mass is 376 g/mol. The van der Waals surface area contributed by atoms with Crippen LogP contribution >= 0.6 is 0 Å². The fourth-order valence-electron chi connectivity index (χ4n) is 2.26. The minimum absolute atomic E-state index is 0.111. The second-order valence-electron chi connectivity index (χ2n) is 5.43. The number of anilines is 2. The number of rotatable bonds is 4. The molecule has 1 aromatic carbocycles. The van der Waals surface area contributed by atoms with Crippen molar-refractivity contribution in [3.05, 3.63) is 70.5 Å². The fraction of sp³-hybridized carbons (Fsp3) is 0.0625. The predicted molar refractivity (Wildman–Crippen MR) is 94.3 cm³/mol. The average molecular weight is 376 g/mol. The number of halogens is 1. The summed E-state index contributed by atoms with van der Waals surface area (Å²) in [6, 6.07) is 8.30. The van der Waals surface area contributed by atoms with Gasteiger partial charge in [0.15, 0.2) is 0 Å². The summed E-state index contributed by atoms with van der Waals surface area (Å²) in [6.45, 7) is 0. The maximum atomic E-state index is 13.7. The first-order valence-electron chi connectivity index (χ1n) is 7.30. The van der Waals surface area contributed by atoms with Crippen LogP contribution < -0.4 is 15.6 Å². The van der Waals surface area contributed by atoms with Crippen molar-refractivity contribution in [3.8, 4) is 0 Å². The lowest BCUT2D eigenvalue weighted by atomic mass is 10.2. The maximum Gasteiger partial charge on any atom is 0.270 e. The number of nitrogens with zero attached hydrogens (tertiary/aromatic N) is 2. The van der Waals surface area contributed by atoms with Gasteiger partial charge in [0.25, 0.3) is 11.5 Å². The Morgan fingerprint density at radius 3 is 2.73 bits per heavy atom. The minimum atomic E-state index is -3.69. The molecule has 0 aliphatic heterocycles. The van der Waals surface area contributed by atoms with Crippen molar-refractivity contribution in [3.63, 3.8) is 0 Å². The zero-order valence-corrected chi connectivity index (χ0v) is 14.2. The Bertz CT molecular complexity index is 1170. The predicted octanol–water partition coefficient (Wildman–Crippen LogP) is 1.46. The van der Waals surface area contributed by atoms with E-state index in [0.29, 0.717) is 5.65 Å². The van der Waals surface area contributed by atoms with E-state index in [-0.39, 0.29) is 16.9 Å². The lowest BCUT2D eigenvalue weighted by Crippen LogP contribution is -2.26. The van der Waals surface area contributed by atoms with Crippen LogP contribution in [-0.2, 0) is 10.0 Å². The van der Waals surface area contributed by atoms with Gasteiger partial charge in [0, 0.05) is 18.1 Å². The van der Waals surface area contributed by atoms with E-state index in [9.17, 15) is 22.4 Å². The summed E-state index contributed by atoms with van der Waals surface area (Å²) in [7, 11) is -3.69. The molecule has 2 heterocycles. The molecule has 3 rings (SSSR count). The molecule has 0 radical (unpaired) electrons. The number of amides is 1. The van der Waals surface area contributed by atoms with Gasteiger partial charge in [-0.05, 0) is 30.3 Å². The zero-order valence-electron chi connectivity index (χ0n) is 13.4. The van der Waals surface area contributed by atoms with E-state index in [1.807, 2.05) is 4.72 Å². The molecule has 10 heteroatoms. The van der Waals surface area contributed by atoms with Crippen molar-refractivity contribution in [2.75, 3.05) is 16.3 Å². The molecule has 0 fully saturated rings. The van der Waals surface area contributed by atoms with Crippen LogP contribution in [0.5, 0.6) is 0 Å². The highest BCUT2D eigenvalue weighted by Gasteiger charge is 2.15. The molecular formula is C16H13FN4O4S. The van der Waals surface area contributed by atoms with Gasteiger partial charge < -0.3 is 5.32 Å². The molecule has 0 bridgehead atoms. The topological polar surface area (TPSA) is 110 Å². The number of carbonyl (C=O) groups is 1. The largest absolute Gasteiger partial charge is 0.322 e. The number of pyridine rings is 1. The van der Waals surface area contributed by atoms with Gasteiger partial charge in [-0.25, -0.2) is 17.8 Å². The Morgan fingerprint density at radius 1 is 1.23 bits per heavy atom. The smallest absolute Gasteiger partial charge is 0.270 e. The molecule has 0 aliphatic carbocycles. The van der Waals surface area contributed by atoms with Crippen molar-refractivity contribution in [2.24, 2.45) is 0 Å². The highest BCUT2D eigenvalue weighted by atomic mass is 32.2. The normalized spacial score (nSPS) is 11.3. The number of fused-ring (bicyclic) bond motifs is 1. The summed E-state index contributed by atoms with van der Waals surface area (Å²) in [5.41, 5.74) is -0.602. The molecular weight excluding hydrogens is 363 g/mol. The number of aromatic nitrogens is 2. The molecule has 0 aliphatic rings. The number of carbonyl (C=O) groups excluding carboxylic acids is 1. The molecule has 0 unspecified atom stereocenters. The molecule has 0 atom stereocenters. The van der Waals surface area contributed by atoms with Gasteiger partial charge in [-0.3, -0.25) is 18.7 Å². The molecule has 0 saturated carbocycles. The lowest BCUT2D eigenvalue weighted by molar-refractivity contribution is 0.102. The van der Waals surface area contributed by atoms with Crippen molar-refractivity contribution in [1.29, 1.82) is 0 Å². The summed E-state index contributed by atoms with van der Waals surface area (Å²) < 4.78 is 39.4. The number of benzene rings is 1. The van der Waals surface area contributed by atoms with Gasteiger partial charge in [-0.1, -0.05) is 6.07 Å². The fourth-order valence-corrected chi connectivity index (χ4v) is 2.82. The Hall–Kier alpha value is -3.27. The van der Waals surface area contributed by atoms with Crippen LogP contribution in [0.2, 0.25) is 0 Å². The first-order valence-corrected chi connectivity index (χ1v) is 9.19. The van der Waals surface area contributed by atoms with Crippen LogP contribution in [0.1, 0.15) is 10.4 Å². The van der Waals surface area contributed by atoms with Gasteiger partial charge >= 0.3 is 0 Å². The van der Waals surface area contributed by atoms with Crippen LogP contribution in [0.15, 0.2) is 53.6 Å². The van der Waals surface area contributed by atoms with E-state index in [0.717, 1.165) is 24.6 Å². The minimum Gasteiger partial charge on any atom is -0.322 e. The summed E-state index contributed by atoms with van der Waals surface area (Å²) in [5.74, 6) is -1.56. The summed E-state index contributed by atoms with van der Waals surface area (Å²) in [5, 5.41) is 2.42. The van der Waals surface area contributed by atoms with Gasteiger partial charge in [0.05, 0.1) is 11.9 Å². The summed E-state index contributed by atoms with van der Waals surface area (Å²) >= 11 is 0. The van der Waals surface area contributed by atoms with Crippen LogP contribution in [0.3, 0.4) is 0 Å². The van der Waals surface area contributed by atoms with Gasteiger partial charge in [-0.15, -0.1) is 0 Å². The van der Waals surface area contributed by atoms with E-state index >= 15 is 0 Å². The second kappa shape index (κ2) is 6.56. The van der Waals surface area contributed by atoms with E-state index < -0.39 is 27.3 Å². The van der Waals surface area contributed by atoms with E-state index in [1.165, 1.54) is 16.7 Å². The van der Waals surface area contributed by atoms with Gasteiger partial charge in [-0.2, -0.15) is 0 Å². The number of hydrogen-bond acceptors (Lipinski definition) is 5. The number of nitrogens with one attached hydrogen (secondary N) is 2. The number of hydrogen-bond donors (Lipinski definition) is 2. The molecule has 134 valence electrons. The Labute approximate surface area is 147 Å². The van der Waals surface area contributed by atoms with Crippen LogP contribution in [0.25, 0.3) is 5.65 Å². The molecule has 2 N–H and O–H groups in total. The van der Waals surface area contributed by atoms with E-state index in [4.69, 9.17) is 0 Å². The quantitative estimate of drug-likeness (QED) is 0.716. The third kappa shape index (κ3) is 3.70. The highest BCUT2D eigenvalue weighted by molar-refractivity contribution is 7.92. The molecule has 1 amide bonds. The Balaban J connectivity index is 1.92. The second-order valence-corrected chi connectivity index (χ2v) is 7.18. The average Bonchev–Trinajstić information content (AvgIpc) is 2.57. The van der Waals surface area contributed by atoms with Crippen molar-refractivity contribution in [1.82, 2.24) is 9.38 Å². The third-order valence-corrected chi connectivity index (χ3v) is 3.97. The molecule has 0 spiro atoms. The van der Waals surface area contributed by atoms with E-state index in [2.05, 4.69) is 10.3 Å². The Kier molecular flexibility index (Phi) is 4.43. The molecule has 26 heavy (non-hydrogen) atoms. The van der Waals surface area contributed by atoms with Crippen LogP contribution in [-0.4, -0.2) is 30.0 Å². The number of sulfonamides is 1. The third-order valence-electron chi connectivity index (χ3n) is 3.38. The van der Waals surface area contributed by atoms with Crippen molar-refractivity contribution < 1.29 is 17.6 Å². The molecule has 8 nitrogen and oxygen atoms in total. The summed E-state index contributed by atoms with van der Waals surface area (Å²) in [6.07, 6.45) is 3.50. The van der Waals surface area contributed by atoms with Gasteiger partial charge in [0.2, 0.25) is 10.0 Å². The van der Waals surface area contributed by atoms with E-state index in [1.54, 1.807) is 18.2 Å². The highest BCUT2D eigenvalue weighted by Crippen LogP contribution is 2.20. The van der Waals surface area contributed by atoms with Crippen LogP contribution in [0, 0.1) is 5.82 Å². The summed E-state index contributed by atoms with van der Waals surface area (Å²) in [4.78, 5) is 28.8. The lowest BCUT2D eigenvalue weighted by Gasteiger charge is -2.09. The first-order chi connectivity index (χ1) is 12.2. The van der Waals surface area contributed by atoms with Gasteiger partial charge in [0.1, 0.15) is 17.0 Å². The van der Waals surface area contributed by atoms with Crippen LogP contribution in [0.4, 0.5) is 15.8 Å². The molecule has 2 aromatic heterocycles. The maximum absolute atomic E-state index is 13.7.